The van der Waals surface area contributed by atoms with Crippen LogP contribution in [0.2, 0.25) is 0 Å². The zero-order valence-electron chi connectivity index (χ0n) is 80.6. The van der Waals surface area contributed by atoms with Gasteiger partial charge in [0.15, 0.2) is 0 Å². The van der Waals surface area contributed by atoms with Gasteiger partial charge in [0.2, 0.25) is 0 Å². The van der Waals surface area contributed by atoms with Gasteiger partial charge in [0.1, 0.15) is 0 Å². The van der Waals surface area contributed by atoms with E-state index in [-0.39, 0.29) is 29.6 Å². The van der Waals surface area contributed by atoms with Gasteiger partial charge in [-0.05, 0) is 295 Å². The van der Waals surface area contributed by atoms with Crippen LogP contribution >= 0.6 is 161 Å². The molecule has 20 atom stereocenters. The van der Waals surface area contributed by atoms with Crippen LogP contribution in [0.25, 0.3) is 0 Å². The zero-order chi connectivity index (χ0) is 89.5. The van der Waals surface area contributed by atoms with E-state index in [2.05, 4.69) is 202 Å². The lowest BCUT2D eigenvalue weighted by Gasteiger charge is -2.68. The molecule has 722 valence electrons. The highest BCUT2D eigenvalue weighted by molar-refractivity contribution is 9.45. The summed E-state index contributed by atoms with van der Waals surface area (Å²) in [6.07, 6.45) is 35.0. The summed E-state index contributed by atoms with van der Waals surface area (Å²) >= 11 is 25.7. The summed E-state index contributed by atoms with van der Waals surface area (Å²) < 4.78 is 95.4. The fourth-order valence-electron chi connectivity index (χ4n) is 25.3. The maximum absolute atomic E-state index is 8.08. The van der Waals surface area contributed by atoms with Crippen LogP contribution < -0.4 is 0 Å². The van der Waals surface area contributed by atoms with E-state index >= 15 is 0 Å². The van der Waals surface area contributed by atoms with Crippen molar-refractivity contribution in [2.24, 2.45) is 76.9 Å². The molecule has 0 heterocycles. The monoisotopic (exact) mass is 2070 g/mol. The van der Waals surface area contributed by atoms with Crippen LogP contribution in [-0.4, -0.2) is 155 Å². The Morgan fingerprint density at radius 3 is 0.770 bits per heavy atom. The van der Waals surface area contributed by atoms with E-state index in [9.17, 15) is 0 Å². The quantitative estimate of drug-likeness (QED) is 0.0152. The minimum Gasteiger partial charge on any atom is -0.373 e. The lowest BCUT2D eigenvalue weighted by Crippen LogP contribution is -2.70. The second kappa shape index (κ2) is 52.6. The van der Waals surface area contributed by atoms with E-state index in [1.807, 2.05) is 39.3 Å². The average Bonchev–Trinajstić information content (AvgIpc) is 1.32. The van der Waals surface area contributed by atoms with Gasteiger partial charge in [-0.15, -0.1) is 46.6 Å². The largest absolute Gasteiger partial charge is 0.518 e. The molecule has 12 nitrogen and oxygen atoms in total. The van der Waals surface area contributed by atoms with Crippen molar-refractivity contribution in [2.45, 2.75) is 369 Å². The molecule has 0 aromatic heterocycles. The Balaban J connectivity index is 1.69. The molecule has 0 amide bonds. The molecule has 0 aliphatic heterocycles. The molecule has 122 heavy (non-hydrogen) atoms. The summed E-state index contributed by atoms with van der Waals surface area (Å²) in [4.78, 5) is 3.09. The van der Waals surface area contributed by atoms with Crippen LogP contribution in [0.1, 0.15) is 352 Å². The molecule has 32 heteroatoms. The SMILES string of the molecule is CCO[Si](OCC)(OCC)C1(S(SS)(SCC)C(CC(C)CCCC(C)CCCCC(C)CCCC(C)CCCC(C)C)=C(C(C)=C(S(SS)(SCC)C2([Si](OCC)(OCC)OCC)CC3CCC2C3)S(SS)(SCC)C2([Si](OCC)(OCC)OCC)CC3CCC2C3)S(SS)(SCC)C2([Si](OCC)(OCC)OCC)CC3CCC2C3)CC2CCC1C2. The van der Waals surface area contributed by atoms with Crippen molar-refractivity contribution in [3.63, 3.8) is 0 Å². The van der Waals surface area contributed by atoms with E-state index in [0.29, 0.717) is 109 Å². The number of unbranched alkanes of at least 4 members (excludes halogenated alkanes) is 1. The van der Waals surface area contributed by atoms with Gasteiger partial charge in [0.05, 0.1) is 17.5 Å². The number of fused-ring (bicyclic) bond motifs is 8. The Kier molecular flexibility index (Phi) is 48.7. The van der Waals surface area contributed by atoms with Gasteiger partial charge in [0, 0.05) is 116 Å². The van der Waals surface area contributed by atoms with Gasteiger partial charge in [-0.25, -0.2) is 0 Å². The third-order valence-corrected chi connectivity index (χ3v) is 108. The van der Waals surface area contributed by atoms with Crippen LogP contribution in [0.5, 0.6) is 0 Å². The fraction of sp³-hybridized carbons (Fsp3) is 0.956. The first kappa shape index (κ1) is 113. The highest BCUT2D eigenvalue weighted by Crippen LogP contribution is 3.04. The minimum absolute atomic E-state index is 0.205. The highest BCUT2D eigenvalue weighted by Gasteiger charge is 2.85. The Morgan fingerprint density at radius 2 is 0.541 bits per heavy atom. The van der Waals surface area contributed by atoms with Crippen molar-refractivity contribution in [2.75, 3.05) is 102 Å². The van der Waals surface area contributed by atoms with Crippen molar-refractivity contribution < 1.29 is 53.1 Å². The van der Waals surface area contributed by atoms with E-state index < -0.39 is 85.1 Å². The first-order valence-electron chi connectivity index (χ1n) is 49.1. The molecular weight excluding hydrogens is 1900 g/mol. The topological polar surface area (TPSA) is 111 Å². The number of hydrogen-bond acceptors (Lipinski definition) is 24. The van der Waals surface area contributed by atoms with Gasteiger partial charge >= 0.3 is 35.2 Å². The van der Waals surface area contributed by atoms with Gasteiger partial charge in [-0.1, -0.05) is 254 Å². The number of hydrogen-bond donors (Lipinski definition) is 4. The second-order valence-electron chi connectivity index (χ2n) is 37.0. The number of thiol groups is 4. The summed E-state index contributed by atoms with van der Waals surface area (Å²) in [7, 11) is -9.85. The van der Waals surface area contributed by atoms with Crippen molar-refractivity contribution in [3.05, 3.63) is 19.6 Å². The van der Waals surface area contributed by atoms with Crippen molar-refractivity contribution in [1.82, 2.24) is 0 Å². The third-order valence-electron chi connectivity index (χ3n) is 29.2. The summed E-state index contributed by atoms with van der Waals surface area (Å²) in [6.45, 7) is 60.0. The Labute approximate surface area is 809 Å². The molecule has 0 radical (unpaired) electrons. The maximum Gasteiger partial charge on any atom is 0.518 e. The Bertz CT molecular complexity index is 3010. The van der Waals surface area contributed by atoms with E-state index in [0.717, 1.165) is 137 Å². The van der Waals surface area contributed by atoms with Gasteiger partial charge < -0.3 is 53.1 Å². The molecule has 8 fully saturated rings. The van der Waals surface area contributed by atoms with Crippen LogP contribution in [-0.2, 0) is 53.1 Å². The lowest BCUT2D eigenvalue weighted by molar-refractivity contribution is 0.0489. The van der Waals surface area contributed by atoms with Crippen molar-refractivity contribution in [3.8, 4) is 0 Å². The molecule has 8 rings (SSSR count). The molecule has 0 spiro atoms. The standard InChI is InChI=1S/C90H178O12S16Si4/c1-24-91-119(92-25-2,93-26-3)87(66-76-53-57-80(87)62-76)115(111-103,107-36-13)84(61-74(22)52-44-51-72(20)47-41-40-46-71(19)49-43-50-73(21)48-42-45-70(17)18)85(116(112-104,108-37-14)88(67-77-54-58-81(88)63-77)120(94-27-4,95-28-5)96-29-6)75(23)86(117(113-105,109-38-15)89(68-78-55-59-82(89)64-78)121(97-30-7,98-31-8)99-32-9)118(114-106,110-39-16)90(69-79-56-60-83(90)65-79)122(100-33-10,101-34-11)102-35-12/h70-74,76-83,103-106H,24-69H2,1-23H3. The number of allylic oxidation sites excluding steroid dienone is 2. The molecule has 8 bridgehead atoms. The molecule has 8 aliphatic carbocycles. The maximum atomic E-state index is 8.08. The average molecular weight is 2080 g/mol. The van der Waals surface area contributed by atoms with Crippen LogP contribution in [0, 0.1) is 76.9 Å². The first-order chi connectivity index (χ1) is 58.7. The lowest BCUT2D eigenvalue weighted by atomic mass is 9.90. The summed E-state index contributed by atoms with van der Waals surface area (Å²) in [6, 6.07) is 0. The summed E-state index contributed by atoms with van der Waals surface area (Å²) in [5, 5.41) is 0. The number of rotatable bonds is 68. The molecule has 20 unspecified atom stereocenters. The molecule has 0 aromatic rings. The normalized spacial score (nSPS) is 30.8. The molecule has 0 N–H and O–H groups in total. The van der Waals surface area contributed by atoms with Gasteiger partial charge in [-0.2, -0.15) is 0 Å². The highest BCUT2D eigenvalue weighted by atomic mass is 33.8. The van der Waals surface area contributed by atoms with Gasteiger partial charge in [-0.3, -0.25) is 0 Å². The van der Waals surface area contributed by atoms with Crippen molar-refractivity contribution >= 4 is 197 Å². The third kappa shape index (κ3) is 21.8. The Hall–Kier alpha value is 5.47. The molecule has 0 saturated heterocycles. The van der Waals surface area contributed by atoms with Crippen molar-refractivity contribution in [1.29, 1.82) is 0 Å². The molecule has 8 aliphatic rings. The van der Waals surface area contributed by atoms with E-state index in [4.69, 9.17) is 99.8 Å². The second-order valence-corrected chi connectivity index (χ2v) is 87.2. The zero-order valence-corrected chi connectivity index (χ0v) is 98.0. The summed E-state index contributed by atoms with van der Waals surface area (Å²) in [5.74, 6) is 9.29. The minimum atomic E-state index is -4.00. The van der Waals surface area contributed by atoms with Gasteiger partial charge in [0.25, 0.3) is 0 Å². The summed E-state index contributed by atoms with van der Waals surface area (Å²) in [5.41, 5.74) is 1.40. The van der Waals surface area contributed by atoms with Crippen LogP contribution in [0.3, 0.4) is 0 Å². The predicted molar refractivity (Wildman–Crippen MR) is 580 cm³/mol. The van der Waals surface area contributed by atoms with E-state index in [1.54, 1.807) is 4.91 Å². The predicted octanol–water partition coefficient (Wildman–Crippen LogP) is 32.5. The van der Waals surface area contributed by atoms with Crippen LogP contribution in [0.4, 0.5) is 0 Å². The first-order valence-corrected chi connectivity index (χ1v) is 78.0. The fourth-order valence-corrected chi connectivity index (χ4v) is 122. The van der Waals surface area contributed by atoms with Crippen LogP contribution in [0.15, 0.2) is 19.6 Å². The Morgan fingerprint density at radius 1 is 0.311 bits per heavy atom. The smallest absolute Gasteiger partial charge is 0.373 e. The van der Waals surface area contributed by atoms with E-state index in [1.165, 1.54) is 111 Å². The molecular formula is C90H178O12S16Si4. The molecule has 8 saturated carbocycles. The molecule has 0 aromatic carbocycles.